The standard InChI is InChI=1S/C15H19FN2O3/c16-10-5-6-13(12(7-10)15(20)21)18-14(19)11-4-2-1-3-9(11)8-17/h5-7,9,11H,1-4,8,17H2,(H,18,19)(H,20,21). The van der Waals surface area contributed by atoms with Gasteiger partial charge in [0.15, 0.2) is 0 Å². The van der Waals surface area contributed by atoms with Crippen LogP contribution in [-0.4, -0.2) is 23.5 Å². The van der Waals surface area contributed by atoms with Crippen LogP contribution in [0.3, 0.4) is 0 Å². The van der Waals surface area contributed by atoms with Gasteiger partial charge in [0.2, 0.25) is 5.91 Å². The summed E-state index contributed by atoms with van der Waals surface area (Å²) >= 11 is 0. The topological polar surface area (TPSA) is 92.4 Å². The van der Waals surface area contributed by atoms with Crippen LogP contribution < -0.4 is 11.1 Å². The van der Waals surface area contributed by atoms with E-state index in [-0.39, 0.29) is 29.0 Å². The Hall–Kier alpha value is -1.95. The second-order valence-electron chi connectivity index (χ2n) is 5.37. The summed E-state index contributed by atoms with van der Waals surface area (Å²) in [6, 6.07) is 3.31. The monoisotopic (exact) mass is 294 g/mol. The fourth-order valence-corrected chi connectivity index (χ4v) is 2.86. The number of carboxylic acid groups (broad SMARTS) is 1. The Kier molecular flexibility index (Phi) is 4.90. The van der Waals surface area contributed by atoms with Gasteiger partial charge < -0.3 is 16.2 Å². The van der Waals surface area contributed by atoms with Gasteiger partial charge >= 0.3 is 5.97 Å². The van der Waals surface area contributed by atoms with Crippen molar-refractivity contribution in [3.8, 4) is 0 Å². The van der Waals surface area contributed by atoms with Crippen molar-refractivity contribution in [2.75, 3.05) is 11.9 Å². The highest BCUT2D eigenvalue weighted by Gasteiger charge is 2.30. The van der Waals surface area contributed by atoms with Crippen molar-refractivity contribution in [1.29, 1.82) is 0 Å². The molecule has 114 valence electrons. The van der Waals surface area contributed by atoms with Gasteiger partial charge in [0.25, 0.3) is 0 Å². The minimum absolute atomic E-state index is 0.118. The van der Waals surface area contributed by atoms with Crippen LogP contribution in [0.1, 0.15) is 36.0 Å². The number of hydrogen-bond donors (Lipinski definition) is 3. The number of carbonyl (C=O) groups is 2. The Morgan fingerprint density at radius 2 is 2.05 bits per heavy atom. The number of carboxylic acids is 1. The lowest BCUT2D eigenvalue weighted by atomic mass is 9.78. The summed E-state index contributed by atoms with van der Waals surface area (Å²) in [4.78, 5) is 23.5. The lowest BCUT2D eigenvalue weighted by Gasteiger charge is -2.29. The molecule has 1 fully saturated rings. The molecule has 0 bridgehead atoms. The van der Waals surface area contributed by atoms with Crippen LogP contribution in [0, 0.1) is 17.7 Å². The molecule has 0 aliphatic heterocycles. The number of hydrogen-bond acceptors (Lipinski definition) is 3. The van der Waals surface area contributed by atoms with Crippen LogP contribution in [0.15, 0.2) is 18.2 Å². The number of benzene rings is 1. The largest absolute Gasteiger partial charge is 0.478 e. The molecule has 2 atom stereocenters. The van der Waals surface area contributed by atoms with Crippen LogP contribution in [0.2, 0.25) is 0 Å². The zero-order valence-electron chi connectivity index (χ0n) is 11.6. The van der Waals surface area contributed by atoms with Gasteiger partial charge in [0.05, 0.1) is 11.3 Å². The van der Waals surface area contributed by atoms with E-state index in [4.69, 9.17) is 10.8 Å². The Morgan fingerprint density at radius 3 is 2.71 bits per heavy atom. The van der Waals surface area contributed by atoms with E-state index < -0.39 is 11.8 Å². The van der Waals surface area contributed by atoms with Gasteiger partial charge in [0, 0.05) is 5.92 Å². The Labute approximate surface area is 122 Å². The first-order valence-electron chi connectivity index (χ1n) is 7.06. The van der Waals surface area contributed by atoms with Gasteiger partial charge in [-0.2, -0.15) is 0 Å². The fraction of sp³-hybridized carbons (Fsp3) is 0.467. The van der Waals surface area contributed by atoms with E-state index in [0.29, 0.717) is 6.54 Å². The molecule has 1 aliphatic carbocycles. The predicted molar refractivity (Wildman–Crippen MR) is 76.5 cm³/mol. The predicted octanol–water partition coefficient (Wildman–Crippen LogP) is 2.23. The van der Waals surface area contributed by atoms with Crippen LogP contribution in [0.5, 0.6) is 0 Å². The first-order chi connectivity index (χ1) is 10.0. The van der Waals surface area contributed by atoms with Gasteiger partial charge in [-0.05, 0) is 43.5 Å². The van der Waals surface area contributed by atoms with E-state index >= 15 is 0 Å². The molecular weight excluding hydrogens is 275 g/mol. The molecule has 0 radical (unpaired) electrons. The number of halogens is 1. The van der Waals surface area contributed by atoms with Gasteiger partial charge in [0.1, 0.15) is 5.82 Å². The Bertz CT molecular complexity index is 548. The van der Waals surface area contributed by atoms with Crippen LogP contribution in [0.4, 0.5) is 10.1 Å². The minimum atomic E-state index is -1.27. The van der Waals surface area contributed by atoms with Crippen molar-refractivity contribution < 1.29 is 19.1 Å². The fourth-order valence-electron chi connectivity index (χ4n) is 2.86. The molecule has 1 aliphatic rings. The van der Waals surface area contributed by atoms with E-state index in [9.17, 15) is 14.0 Å². The van der Waals surface area contributed by atoms with Crippen LogP contribution >= 0.6 is 0 Å². The molecule has 0 saturated heterocycles. The van der Waals surface area contributed by atoms with Crippen molar-refractivity contribution in [2.45, 2.75) is 25.7 Å². The molecule has 0 spiro atoms. The Morgan fingerprint density at radius 1 is 1.33 bits per heavy atom. The molecule has 6 heteroatoms. The zero-order chi connectivity index (χ0) is 15.4. The lowest BCUT2D eigenvalue weighted by Crippen LogP contribution is -2.36. The number of nitrogens with two attached hydrogens (primary N) is 1. The normalized spacial score (nSPS) is 21.8. The quantitative estimate of drug-likeness (QED) is 0.794. The van der Waals surface area contributed by atoms with Crippen molar-refractivity contribution in [2.24, 2.45) is 17.6 Å². The maximum atomic E-state index is 13.1. The third-order valence-electron chi connectivity index (χ3n) is 4.02. The number of aromatic carboxylic acids is 1. The highest BCUT2D eigenvalue weighted by Crippen LogP contribution is 2.30. The SMILES string of the molecule is NCC1CCCCC1C(=O)Nc1ccc(F)cc1C(=O)O. The van der Waals surface area contributed by atoms with Crippen molar-refractivity contribution in [1.82, 2.24) is 0 Å². The lowest BCUT2D eigenvalue weighted by molar-refractivity contribution is -0.122. The number of carbonyl (C=O) groups excluding carboxylic acids is 1. The van der Waals surface area contributed by atoms with Crippen molar-refractivity contribution in [3.05, 3.63) is 29.6 Å². The van der Waals surface area contributed by atoms with E-state index in [2.05, 4.69) is 5.32 Å². The van der Waals surface area contributed by atoms with Crippen molar-refractivity contribution >= 4 is 17.6 Å². The molecule has 4 N–H and O–H groups in total. The molecule has 1 saturated carbocycles. The first kappa shape index (κ1) is 15.4. The van der Waals surface area contributed by atoms with Crippen LogP contribution in [0.25, 0.3) is 0 Å². The smallest absolute Gasteiger partial charge is 0.337 e. The van der Waals surface area contributed by atoms with Gasteiger partial charge in [-0.25, -0.2) is 9.18 Å². The molecular formula is C15H19FN2O3. The third-order valence-corrected chi connectivity index (χ3v) is 4.02. The second kappa shape index (κ2) is 6.67. The molecule has 2 unspecified atom stereocenters. The maximum absolute atomic E-state index is 13.1. The molecule has 21 heavy (non-hydrogen) atoms. The van der Waals surface area contributed by atoms with E-state index in [0.717, 1.165) is 37.8 Å². The first-order valence-corrected chi connectivity index (χ1v) is 7.06. The average molecular weight is 294 g/mol. The molecule has 2 rings (SSSR count). The molecule has 5 nitrogen and oxygen atoms in total. The molecule has 1 aromatic carbocycles. The third kappa shape index (κ3) is 3.58. The van der Waals surface area contributed by atoms with Gasteiger partial charge in [-0.3, -0.25) is 4.79 Å². The van der Waals surface area contributed by atoms with Crippen molar-refractivity contribution in [3.63, 3.8) is 0 Å². The minimum Gasteiger partial charge on any atom is -0.478 e. The van der Waals surface area contributed by atoms with E-state index in [1.54, 1.807) is 0 Å². The molecule has 1 amide bonds. The summed E-state index contributed by atoms with van der Waals surface area (Å²) in [5.41, 5.74) is 5.57. The summed E-state index contributed by atoms with van der Waals surface area (Å²) in [6.07, 6.45) is 3.67. The summed E-state index contributed by atoms with van der Waals surface area (Å²) < 4.78 is 13.1. The van der Waals surface area contributed by atoms with Crippen LogP contribution in [-0.2, 0) is 4.79 Å². The summed E-state index contributed by atoms with van der Waals surface area (Å²) in [7, 11) is 0. The Balaban J connectivity index is 2.17. The van der Waals surface area contributed by atoms with E-state index in [1.165, 1.54) is 6.07 Å². The summed E-state index contributed by atoms with van der Waals surface area (Å²) in [5.74, 6) is -2.26. The molecule has 0 aromatic heterocycles. The molecule has 1 aromatic rings. The average Bonchev–Trinajstić information content (AvgIpc) is 2.48. The summed E-state index contributed by atoms with van der Waals surface area (Å²) in [5, 5.41) is 11.7. The number of rotatable bonds is 4. The highest BCUT2D eigenvalue weighted by molar-refractivity contribution is 6.01. The number of amides is 1. The highest BCUT2D eigenvalue weighted by atomic mass is 19.1. The zero-order valence-corrected chi connectivity index (χ0v) is 11.6. The molecule has 0 heterocycles. The second-order valence-corrected chi connectivity index (χ2v) is 5.37. The van der Waals surface area contributed by atoms with E-state index in [1.807, 2.05) is 0 Å². The number of anilines is 1. The van der Waals surface area contributed by atoms with Gasteiger partial charge in [-0.1, -0.05) is 12.8 Å². The number of nitrogens with one attached hydrogen (secondary N) is 1. The van der Waals surface area contributed by atoms with Gasteiger partial charge in [-0.15, -0.1) is 0 Å². The maximum Gasteiger partial charge on any atom is 0.337 e. The summed E-state index contributed by atoms with van der Waals surface area (Å²) in [6.45, 7) is 0.438.